The number of benzene rings is 1. The van der Waals surface area contributed by atoms with Crippen LogP contribution < -0.4 is 0 Å². The molecule has 0 radical (unpaired) electrons. The molecule has 0 bridgehead atoms. The highest BCUT2D eigenvalue weighted by molar-refractivity contribution is 9.10. The number of aryl methyl sites for hydroxylation is 2. The van der Waals surface area contributed by atoms with Crippen LogP contribution in [0.15, 0.2) is 34.9 Å². The number of H-pyrrole nitrogens is 1. The minimum atomic E-state index is 0.780. The lowest BCUT2D eigenvalue weighted by molar-refractivity contribution is 1.03. The van der Waals surface area contributed by atoms with E-state index in [-0.39, 0.29) is 0 Å². The lowest BCUT2D eigenvalue weighted by Gasteiger charge is -2.05. The van der Waals surface area contributed by atoms with Gasteiger partial charge in [-0.1, -0.05) is 30.7 Å². The Bertz CT molecular complexity index is 746. The van der Waals surface area contributed by atoms with Gasteiger partial charge in [0.2, 0.25) is 0 Å². The van der Waals surface area contributed by atoms with Crippen LogP contribution in [0.25, 0.3) is 22.4 Å². The smallest absolute Gasteiger partial charge is 0.161 e. The molecule has 0 aliphatic heterocycles. The summed E-state index contributed by atoms with van der Waals surface area (Å²) in [6.45, 7) is 4.19. The molecule has 0 atom stereocenters. The van der Waals surface area contributed by atoms with E-state index < -0.39 is 0 Å². The molecule has 3 aromatic rings. The third-order valence-corrected chi connectivity index (χ3v) is 3.79. The highest BCUT2D eigenvalue weighted by Gasteiger charge is 2.12. The molecule has 2 heterocycles. The molecule has 96 valence electrons. The van der Waals surface area contributed by atoms with Gasteiger partial charge in [-0.3, -0.25) is 0 Å². The van der Waals surface area contributed by atoms with E-state index in [0.717, 1.165) is 39.0 Å². The monoisotopic (exact) mass is 315 g/mol. The number of nitrogens with one attached hydrogen (secondary N) is 1. The number of hydrogen-bond donors (Lipinski definition) is 1. The molecule has 1 N–H and O–H groups in total. The Morgan fingerprint density at radius 3 is 2.84 bits per heavy atom. The second kappa shape index (κ2) is 4.78. The van der Waals surface area contributed by atoms with Crippen LogP contribution in [-0.4, -0.2) is 15.0 Å². The summed E-state index contributed by atoms with van der Waals surface area (Å²) < 4.78 is 1.02. The number of fused-ring (bicyclic) bond motifs is 1. The molecule has 4 heteroatoms. The molecular weight excluding hydrogens is 302 g/mol. The number of nitrogens with zero attached hydrogens (tertiary/aromatic N) is 2. The first kappa shape index (κ1) is 12.4. The van der Waals surface area contributed by atoms with E-state index in [1.807, 2.05) is 18.3 Å². The second-order valence-corrected chi connectivity index (χ2v) is 5.43. The Morgan fingerprint density at radius 2 is 2.11 bits per heavy atom. The fourth-order valence-corrected chi connectivity index (χ4v) is 2.77. The summed E-state index contributed by atoms with van der Waals surface area (Å²) in [7, 11) is 0. The molecule has 0 saturated heterocycles. The van der Waals surface area contributed by atoms with Gasteiger partial charge in [0.25, 0.3) is 0 Å². The van der Waals surface area contributed by atoms with Crippen molar-refractivity contribution in [3.05, 3.63) is 46.2 Å². The maximum atomic E-state index is 4.70. The quantitative estimate of drug-likeness (QED) is 0.767. The summed E-state index contributed by atoms with van der Waals surface area (Å²) in [6, 6.07) is 8.27. The summed E-state index contributed by atoms with van der Waals surface area (Å²) in [6.07, 6.45) is 2.80. The Labute approximate surface area is 120 Å². The van der Waals surface area contributed by atoms with Crippen molar-refractivity contribution in [2.75, 3.05) is 0 Å². The van der Waals surface area contributed by atoms with Crippen LogP contribution in [0.5, 0.6) is 0 Å². The molecule has 2 aromatic heterocycles. The number of aromatic amines is 1. The summed E-state index contributed by atoms with van der Waals surface area (Å²) in [5, 5.41) is 1.08. The number of hydrogen-bond acceptors (Lipinski definition) is 2. The first-order valence-corrected chi connectivity index (χ1v) is 7.09. The van der Waals surface area contributed by atoms with E-state index in [2.05, 4.69) is 51.9 Å². The van der Waals surface area contributed by atoms with Gasteiger partial charge in [-0.05, 0) is 35.3 Å². The standard InChI is InChI=1S/C15H14BrN3/c1-3-12-13-11(16)8-17-15(13)19-14(18-12)10-6-4-5-9(2)7-10/h4-8H,3H2,1-2H3,(H,17,18,19). The van der Waals surface area contributed by atoms with Crippen molar-refractivity contribution in [2.24, 2.45) is 0 Å². The van der Waals surface area contributed by atoms with Gasteiger partial charge in [0.05, 0.1) is 11.1 Å². The van der Waals surface area contributed by atoms with Gasteiger partial charge in [-0.2, -0.15) is 0 Å². The molecular formula is C15H14BrN3. The average Bonchev–Trinajstić information content (AvgIpc) is 2.80. The predicted octanol–water partition coefficient (Wildman–Crippen LogP) is 4.26. The van der Waals surface area contributed by atoms with Crippen molar-refractivity contribution in [1.82, 2.24) is 15.0 Å². The van der Waals surface area contributed by atoms with E-state index in [1.54, 1.807) is 0 Å². The van der Waals surface area contributed by atoms with Gasteiger partial charge in [-0.15, -0.1) is 0 Å². The Hall–Kier alpha value is -1.68. The van der Waals surface area contributed by atoms with E-state index in [9.17, 15) is 0 Å². The van der Waals surface area contributed by atoms with Gasteiger partial charge in [0.15, 0.2) is 5.82 Å². The lowest BCUT2D eigenvalue weighted by atomic mass is 10.1. The van der Waals surface area contributed by atoms with Gasteiger partial charge in [0.1, 0.15) is 5.65 Å². The molecule has 0 aliphatic rings. The molecule has 0 fully saturated rings. The van der Waals surface area contributed by atoms with E-state index >= 15 is 0 Å². The second-order valence-electron chi connectivity index (χ2n) is 4.58. The third kappa shape index (κ3) is 2.16. The number of halogens is 1. The molecule has 3 nitrogen and oxygen atoms in total. The molecule has 0 saturated carbocycles. The normalized spacial score (nSPS) is 11.1. The molecule has 0 aliphatic carbocycles. The summed E-state index contributed by atoms with van der Waals surface area (Å²) in [4.78, 5) is 12.5. The zero-order valence-corrected chi connectivity index (χ0v) is 12.5. The van der Waals surface area contributed by atoms with Gasteiger partial charge < -0.3 is 4.98 Å². The van der Waals surface area contributed by atoms with Gasteiger partial charge >= 0.3 is 0 Å². The Kier molecular flexibility index (Phi) is 3.11. The van der Waals surface area contributed by atoms with Crippen molar-refractivity contribution in [2.45, 2.75) is 20.3 Å². The first-order valence-electron chi connectivity index (χ1n) is 6.29. The van der Waals surface area contributed by atoms with Crippen molar-refractivity contribution < 1.29 is 0 Å². The summed E-state index contributed by atoms with van der Waals surface area (Å²) >= 11 is 3.54. The van der Waals surface area contributed by atoms with Crippen LogP contribution in [0, 0.1) is 6.92 Å². The maximum absolute atomic E-state index is 4.70. The lowest BCUT2D eigenvalue weighted by Crippen LogP contribution is -1.96. The molecule has 19 heavy (non-hydrogen) atoms. The minimum Gasteiger partial charge on any atom is -0.345 e. The molecule has 1 aromatic carbocycles. The third-order valence-electron chi connectivity index (χ3n) is 3.17. The van der Waals surface area contributed by atoms with Crippen LogP contribution in [0.3, 0.4) is 0 Å². The van der Waals surface area contributed by atoms with Crippen LogP contribution >= 0.6 is 15.9 Å². The van der Waals surface area contributed by atoms with Crippen molar-refractivity contribution >= 4 is 27.0 Å². The van der Waals surface area contributed by atoms with Gasteiger partial charge in [0, 0.05) is 16.2 Å². The molecule has 0 unspecified atom stereocenters. The SMILES string of the molecule is CCc1nc(-c2cccc(C)c2)nc2[nH]cc(Br)c12. The number of aromatic nitrogens is 3. The van der Waals surface area contributed by atoms with Crippen LogP contribution in [0.1, 0.15) is 18.2 Å². The van der Waals surface area contributed by atoms with E-state index in [4.69, 9.17) is 4.98 Å². The zero-order valence-electron chi connectivity index (χ0n) is 10.9. The highest BCUT2D eigenvalue weighted by atomic mass is 79.9. The molecule has 3 rings (SSSR count). The largest absolute Gasteiger partial charge is 0.345 e. The summed E-state index contributed by atoms with van der Waals surface area (Å²) in [5.41, 5.74) is 4.22. The predicted molar refractivity (Wildman–Crippen MR) is 81.1 cm³/mol. The van der Waals surface area contributed by atoms with E-state index in [1.165, 1.54) is 5.56 Å². The van der Waals surface area contributed by atoms with Gasteiger partial charge in [-0.25, -0.2) is 9.97 Å². The minimum absolute atomic E-state index is 0.780. The molecule has 0 spiro atoms. The topological polar surface area (TPSA) is 41.6 Å². The average molecular weight is 316 g/mol. The fourth-order valence-electron chi connectivity index (χ4n) is 2.24. The number of rotatable bonds is 2. The van der Waals surface area contributed by atoms with Crippen LogP contribution in [-0.2, 0) is 6.42 Å². The summed E-state index contributed by atoms with van der Waals surface area (Å²) in [5.74, 6) is 0.780. The zero-order chi connectivity index (χ0) is 13.4. The van der Waals surface area contributed by atoms with Crippen LogP contribution in [0.2, 0.25) is 0 Å². The highest BCUT2D eigenvalue weighted by Crippen LogP contribution is 2.28. The first-order chi connectivity index (χ1) is 9.19. The van der Waals surface area contributed by atoms with Crippen molar-refractivity contribution in [3.8, 4) is 11.4 Å². The Morgan fingerprint density at radius 1 is 1.26 bits per heavy atom. The van der Waals surface area contributed by atoms with Crippen molar-refractivity contribution in [1.29, 1.82) is 0 Å². The maximum Gasteiger partial charge on any atom is 0.161 e. The van der Waals surface area contributed by atoms with Crippen molar-refractivity contribution in [3.63, 3.8) is 0 Å². The molecule has 0 amide bonds. The van der Waals surface area contributed by atoms with Crippen LogP contribution in [0.4, 0.5) is 0 Å². The Balaban J connectivity index is 2.25. The van der Waals surface area contributed by atoms with E-state index in [0.29, 0.717) is 0 Å². The fraction of sp³-hybridized carbons (Fsp3) is 0.200.